The molecule has 0 aliphatic heterocycles. The first-order valence-corrected chi connectivity index (χ1v) is 10.6. The molecule has 156 valence electrons. The summed E-state index contributed by atoms with van der Waals surface area (Å²) in [7, 11) is 1.63. The normalized spacial score (nSPS) is 12.0. The van der Waals surface area contributed by atoms with Gasteiger partial charge in [-0.1, -0.05) is 4.98 Å². The number of pyridine rings is 1. The van der Waals surface area contributed by atoms with Gasteiger partial charge < -0.3 is 9.47 Å². The summed E-state index contributed by atoms with van der Waals surface area (Å²) in [5, 5.41) is 0. The van der Waals surface area contributed by atoms with E-state index in [0.29, 0.717) is 29.3 Å². The number of hydrogen-bond acceptors (Lipinski definition) is 4. The van der Waals surface area contributed by atoms with Gasteiger partial charge in [-0.15, -0.1) is 0 Å². The average molecular weight is 423 g/mol. The Morgan fingerprint density at radius 1 is 1.24 bits per heavy atom. The molecule has 1 aromatic carbocycles. The summed E-state index contributed by atoms with van der Waals surface area (Å²) in [6, 6.07) is 4.07. The van der Waals surface area contributed by atoms with Gasteiger partial charge in [-0.05, 0) is 27.7 Å². The van der Waals surface area contributed by atoms with E-state index in [1.54, 1.807) is 18.9 Å². The molecule has 0 saturated heterocycles. The van der Waals surface area contributed by atoms with Crippen molar-refractivity contribution >= 4 is 22.8 Å². The van der Waals surface area contributed by atoms with Crippen molar-refractivity contribution in [2.24, 2.45) is 0 Å². The third kappa shape index (κ3) is 4.70. The van der Waals surface area contributed by atoms with E-state index >= 15 is 0 Å². The van der Waals surface area contributed by atoms with Gasteiger partial charge in [0, 0.05) is 41.9 Å². The lowest BCUT2D eigenvalue weighted by atomic mass is 10.2. The molecule has 5 nitrogen and oxygen atoms in total. The van der Waals surface area contributed by atoms with Crippen molar-refractivity contribution in [3.8, 4) is 11.7 Å². The Kier molecular flexibility index (Phi) is 6.43. The van der Waals surface area contributed by atoms with Crippen LogP contribution < -0.4 is 9.30 Å². The number of halogens is 2. The molecule has 0 bridgehead atoms. The van der Waals surface area contributed by atoms with E-state index in [1.807, 2.05) is 30.7 Å². The summed E-state index contributed by atoms with van der Waals surface area (Å²) in [5.74, 6) is 0.954. The van der Waals surface area contributed by atoms with Gasteiger partial charge in [-0.25, -0.2) is 18.3 Å². The second-order valence-corrected chi connectivity index (χ2v) is 8.34. The maximum Gasteiger partial charge on any atom is 0.402 e. The molecule has 29 heavy (non-hydrogen) atoms. The number of benzene rings is 1. The number of methoxy groups -OCH3 is 1. The highest BCUT2D eigenvalue weighted by atomic mass is 32.2. The zero-order valence-electron chi connectivity index (χ0n) is 17.3. The van der Waals surface area contributed by atoms with Gasteiger partial charge in [-0.2, -0.15) is 11.8 Å². The molecule has 1 N–H and O–H groups in total. The molecule has 3 aromatic rings. The number of ether oxygens (including phenoxy) is 2. The number of aromatic nitrogens is 3. The van der Waals surface area contributed by atoms with Crippen molar-refractivity contribution in [2.75, 3.05) is 19.5 Å². The number of hydrogen-bond donors (Lipinski definition) is 1. The zero-order chi connectivity index (χ0) is 21.2. The average Bonchev–Trinajstić information content (AvgIpc) is 3.05. The minimum Gasteiger partial charge on any atom is -0.496 e. The van der Waals surface area contributed by atoms with Crippen LogP contribution in [0.2, 0.25) is 0 Å². The Morgan fingerprint density at radius 3 is 2.66 bits per heavy atom. The van der Waals surface area contributed by atoms with Gasteiger partial charge >= 0.3 is 5.95 Å². The first-order chi connectivity index (χ1) is 13.8. The minimum atomic E-state index is -0.916. The Bertz CT molecular complexity index is 982. The van der Waals surface area contributed by atoms with Crippen molar-refractivity contribution in [3.05, 3.63) is 47.3 Å². The zero-order valence-corrected chi connectivity index (χ0v) is 18.1. The van der Waals surface area contributed by atoms with E-state index in [2.05, 4.69) is 23.8 Å². The van der Waals surface area contributed by atoms with E-state index in [4.69, 9.17) is 9.47 Å². The largest absolute Gasteiger partial charge is 0.496 e. The van der Waals surface area contributed by atoms with Crippen LogP contribution in [0.3, 0.4) is 0 Å². The maximum absolute atomic E-state index is 13.6. The van der Waals surface area contributed by atoms with Crippen LogP contribution in [0.15, 0.2) is 24.4 Å². The van der Waals surface area contributed by atoms with Crippen LogP contribution in [0, 0.1) is 18.6 Å². The van der Waals surface area contributed by atoms with E-state index in [-0.39, 0.29) is 5.60 Å². The lowest BCUT2D eigenvalue weighted by Crippen LogP contribution is -2.38. The molecule has 2 aromatic heterocycles. The predicted molar refractivity (Wildman–Crippen MR) is 111 cm³/mol. The second-order valence-electron chi connectivity index (χ2n) is 7.36. The van der Waals surface area contributed by atoms with Crippen molar-refractivity contribution in [2.45, 2.75) is 39.0 Å². The Hall–Kier alpha value is -2.19. The molecule has 0 unspecified atom stereocenters. The van der Waals surface area contributed by atoms with Gasteiger partial charge in [0.25, 0.3) is 0 Å². The smallest absolute Gasteiger partial charge is 0.402 e. The van der Waals surface area contributed by atoms with Gasteiger partial charge in [0.2, 0.25) is 0 Å². The first kappa shape index (κ1) is 21.5. The summed E-state index contributed by atoms with van der Waals surface area (Å²) in [5.41, 5.74) is 2.55. The number of nitrogens with zero attached hydrogens (tertiary/aromatic N) is 2. The number of fused-ring (bicyclic) bond motifs is 1. The summed E-state index contributed by atoms with van der Waals surface area (Å²) >= 11 is 1.74. The molecule has 0 aliphatic rings. The SMILES string of the molecule is CCOC(C)(C)CSCc1c(C)c(OC)cc[n+]1-c1nc2cc(F)c(F)cc2[nH]1. The van der Waals surface area contributed by atoms with E-state index in [9.17, 15) is 8.78 Å². The molecule has 0 saturated carbocycles. The molecule has 2 heterocycles. The van der Waals surface area contributed by atoms with Crippen LogP contribution in [0.1, 0.15) is 32.0 Å². The lowest BCUT2D eigenvalue weighted by Gasteiger charge is -2.24. The maximum atomic E-state index is 13.6. The third-order valence-electron chi connectivity index (χ3n) is 4.65. The standard InChI is InChI=1S/C21H26F2N3O2S/c1-6-28-21(3,4)12-29-11-18-13(2)19(27-5)7-8-26(18)20-24-16-9-14(22)15(23)10-17(16)25-20/h7-10H,6,11-12H2,1-5H3,(H,24,25)/q+1. The van der Waals surface area contributed by atoms with Gasteiger partial charge in [0.15, 0.2) is 17.2 Å². The Balaban J connectivity index is 1.97. The fraction of sp³-hybridized carbons (Fsp3) is 0.429. The quantitative estimate of drug-likeness (QED) is 0.544. The van der Waals surface area contributed by atoms with Crippen LogP contribution in [0.25, 0.3) is 17.0 Å². The number of thioether (sulfide) groups is 1. The third-order valence-corrected chi connectivity index (χ3v) is 6.03. The van der Waals surface area contributed by atoms with Crippen LogP contribution in [0.5, 0.6) is 5.75 Å². The topological polar surface area (TPSA) is 51.0 Å². The Morgan fingerprint density at radius 2 is 1.97 bits per heavy atom. The summed E-state index contributed by atoms with van der Waals surface area (Å²) < 4.78 is 40.3. The summed E-state index contributed by atoms with van der Waals surface area (Å²) in [4.78, 5) is 7.54. The lowest BCUT2D eigenvalue weighted by molar-refractivity contribution is -0.610. The van der Waals surface area contributed by atoms with Crippen molar-refractivity contribution in [1.29, 1.82) is 0 Å². The molecule has 0 aliphatic carbocycles. The number of imidazole rings is 1. The number of aromatic amines is 1. The highest BCUT2D eigenvalue weighted by Gasteiger charge is 2.23. The van der Waals surface area contributed by atoms with Crippen LogP contribution >= 0.6 is 11.8 Å². The van der Waals surface area contributed by atoms with Crippen LogP contribution in [-0.4, -0.2) is 35.0 Å². The molecular formula is C21H26F2N3O2S+. The van der Waals surface area contributed by atoms with Gasteiger partial charge in [-0.3, -0.25) is 0 Å². The van der Waals surface area contributed by atoms with Gasteiger partial charge in [0.1, 0.15) is 17.0 Å². The number of H-pyrrole nitrogens is 1. The highest BCUT2D eigenvalue weighted by molar-refractivity contribution is 7.98. The summed E-state index contributed by atoms with van der Waals surface area (Å²) in [6.07, 6.45) is 1.85. The molecule has 8 heteroatoms. The van der Waals surface area contributed by atoms with Crippen molar-refractivity contribution in [3.63, 3.8) is 0 Å². The van der Waals surface area contributed by atoms with E-state index in [0.717, 1.165) is 34.9 Å². The second kappa shape index (κ2) is 8.67. The van der Waals surface area contributed by atoms with E-state index in [1.165, 1.54) is 0 Å². The van der Waals surface area contributed by atoms with Gasteiger partial charge in [0.05, 0.1) is 18.9 Å². The molecule has 0 spiro atoms. The predicted octanol–water partition coefficient (Wildman–Crippen LogP) is 4.48. The highest BCUT2D eigenvalue weighted by Crippen LogP contribution is 2.26. The van der Waals surface area contributed by atoms with E-state index < -0.39 is 11.6 Å². The minimum absolute atomic E-state index is 0.231. The van der Waals surface area contributed by atoms with Crippen molar-refractivity contribution < 1.29 is 22.8 Å². The fourth-order valence-electron chi connectivity index (χ4n) is 3.21. The molecule has 0 fully saturated rings. The van der Waals surface area contributed by atoms with Crippen molar-refractivity contribution in [1.82, 2.24) is 9.97 Å². The van der Waals surface area contributed by atoms with Crippen LogP contribution in [0.4, 0.5) is 8.78 Å². The number of nitrogens with one attached hydrogen (secondary N) is 1. The fourth-order valence-corrected chi connectivity index (χ4v) is 4.43. The summed E-state index contributed by atoms with van der Waals surface area (Å²) in [6.45, 7) is 8.77. The molecule has 0 amide bonds. The molecule has 3 rings (SSSR count). The van der Waals surface area contributed by atoms with Crippen LogP contribution in [-0.2, 0) is 10.5 Å². The number of rotatable bonds is 8. The monoisotopic (exact) mass is 422 g/mol. The molecule has 0 atom stereocenters. The Labute approximate surface area is 173 Å². The first-order valence-electron chi connectivity index (χ1n) is 9.40. The molecule has 0 radical (unpaired) electrons. The molecular weight excluding hydrogens is 396 g/mol.